The number of rotatable bonds is 7. The van der Waals surface area contributed by atoms with Gasteiger partial charge in [-0.2, -0.15) is 0 Å². The van der Waals surface area contributed by atoms with Gasteiger partial charge in [-0.25, -0.2) is 8.78 Å². The topological polar surface area (TPSA) is 62.6 Å². The quantitative estimate of drug-likeness (QED) is 0.680. The van der Waals surface area contributed by atoms with Crippen molar-refractivity contribution in [3.05, 3.63) is 70.8 Å². The lowest BCUT2D eigenvalue weighted by Gasteiger charge is -2.18. The number of hydrogen-bond acceptors (Lipinski definition) is 2. The van der Waals surface area contributed by atoms with Crippen molar-refractivity contribution in [2.75, 3.05) is 20.6 Å². The summed E-state index contributed by atoms with van der Waals surface area (Å²) in [5.74, 6) is -1.71. The average Bonchev–Trinajstić information content (AvgIpc) is 2.61. The Morgan fingerprint density at radius 2 is 1.78 bits per heavy atom. The van der Waals surface area contributed by atoms with Crippen molar-refractivity contribution < 1.29 is 23.3 Å². The maximum Gasteiger partial charge on any atom is 0.275 e. The zero-order valence-electron chi connectivity index (χ0n) is 15.6. The van der Waals surface area contributed by atoms with Crippen molar-refractivity contribution >= 4 is 11.8 Å². The van der Waals surface area contributed by atoms with Gasteiger partial charge < -0.3 is 15.5 Å². The zero-order valence-corrected chi connectivity index (χ0v) is 15.6. The van der Waals surface area contributed by atoms with E-state index in [-0.39, 0.29) is 23.9 Å². The molecule has 7 heteroatoms. The van der Waals surface area contributed by atoms with Crippen LogP contribution >= 0.6 is 0 Å². The summed E-state index contributed by atoms with van der Waals surface area (Å²) in [4.78, 5) is 24.7. The van der Waals surface area contributed by atoms with Gasteiger partial charge in [-0.3, -0.25) is 9.59 Å². The van der Waals surface area contributed by atoms with Gasteiger partial charge in [-0.1, -0.05) is 18.2 Å². The fourth-order valence-corrected chi connectivity index (χ4v) is 2.83. The summed E-state index contributed by atoms with van der Waals surface area (Å²) in [6.45, 7) is 2.45. The van der Waals surface area contributed by atoms with Crippen molar-refractivity contribution in [2.24, 2.45) is 0 Å². The number of hydrogen-bond donors (Lipinski definition) is 3. The lowest BCUT2D eigenvalue weighted by molar-refractivity contribution is -0.885. The summed E-state index contributed by atoms with van der Waals surface area (Å²) in [5.41, 5.74) is 1.81. The molecule has 0 radical (unpaired) electrons. The summed E-state index contributed by atoms with van der Waals surface area (Å²) in [7, 11) is 3.45. The van der Waals surface area contributed by atoms with E-state index in [2.05, 4.69) is 10.6 Å². The van der Waals surface area contributed by atoms with E-state index in [1.54, 1.807) is 26.1 Å². The van der Waals surface area contributed by atoms with E-state index >= 15 is 0 Å². The SMILES string of the molecule is CNC(=O)c1ccc(C[NH+](C)CC(=O)N[C@@H](C)c2ccc(F)cc2F)cc1. The van der Waals surface area contributed by atoms with Crippen molar-refractivity contribution in [1.29, 1.82) is 0 Å². The summed E-state index contributed by atoms with van der Waals surface area (Å²) in [6, 6.07) is 9.92. The number of halogens is 2. The molecule has 2 aromatic rings. The van der Waals surface area contributed by atoms with E-state index in [1.807, 2.05) is 19.2 Å². The molecule has 144 valence electrons. The van der Waals surface area contributed by atoms with Gasteiger partial charge in [0.1, 0.15) is 18.2 Å². The molecule has 0 saturated heterocycles. The Labute approximate surface area is 157 Å². The molecular formula is C20H24F2N3O2+. The molecule has 0 bridgehead atoms. The molecule has 2 amide bonds. The molecule has 0 aliphatic heterocycles. The average molecular weight is 376 g/mol. The van der Waals surface area contributed by atoms with E-state index in [0.29, 0.717) is 12.1 Å². The van der Waals surface area contributed by atoms with Crippen LogP contribution in [-0.4, -0.2) is 32.5 Å². The summed E-state index contributed by atoms with van der Waals surface area (Å²) >= 11 is 0. The second-order valence-corrected chi connectivity index (χ2v) is 6.54. The maximum atomic E-state index is 13.8. The molecule has 0 saturated carbocycles. The maximum absolute atomic E-state index is 13.8. The lowest BCUT2D eigenvalue weighted by Crippen LogP contribution is -3.08. The molecule has 0 aliphatic carbocycles. The molecule has 3 N–H and O–H groups in total. The molecule has 2 aromatic carbocycles. The fraction of sp³-hybridized carbons (Fsp3) is 0.300. The van der Waals surface area contributed by atoms with Crippen LogP contribution in [0.4, 0.5) is 8.78 Å². The molecule has 2 rings (SSSR count). The molecule has 0 aliphatic rings. The first kappa shape index (κ1) is 20.5. The Hall–Kier alpha value is -2.80. The fourth-order valence-electron chi connectivity index (χ4n) is 2.83. The second-order valence-electron chi connectivity index (χ2n) is 6.54. The lowest BCUT2D eigenvalue weighted by atomic mass is 10.1. The molecule has 2 atom stereocenters. The first-order chi connectivity index (χ1) is 12.8. The van der Waals surface area contributed by atoms with Crippen LogP contribution in [0.3, 0.4) is 0 Å². The Bertz CT molecular complexity index is 809. The van der Waals surface area contributed by atoms with Gasteiger partial charge in [0.15, 0.2) is 6.54 Å². The van der Waals surface area contributed by atoms with Crippen molar-refractivity contribution in [1.82, 2.24) is 10.6 Å². The monoisotopic (exact) mass is 376 g/mol. The first-order valence-electron chi connectivity index (χ1n) is 8.66. The minimum atomic E-state index is -0.681. The van der Waals surface area contributed by atoms with E-state index in [1.165, 1.54) is 12.1 Å². The number of amides is 2. The molecule has 27 heavy (non-hydrogen) atoms. The van der Waals surface area contributed by atoms with Gasteiger partial charge in [-0.05, 0) is 25.1 Å². The molecule has 1 unspecified atom stereocenters. The molecule has 0 aromatic heterocycles. The van der Waals surface area contributed by atoms with Gasteiger partial charge >= 0.3 is 0 Å². The van der Waals surface area contributed by atoms with Gasteiger partial charge in [0.05, 0.1) is 13.1 Å². The number of nitrogens with one attached hydrogen (secondary N) is 3. The predicted molar refractivity (Wildman–Crippen MR) is 98.2 cm³/mol. The highest BCUT2D eigenvalue weighted by Crippen LogP contribution is 2.17. The molecule has 0 fully saturated rings. The highest BCUT2D eigenvalue weighted by atomic mass is 19.1. The van der Waals surface area contributed by atoms with Crippen LogP contribution < -0.4 is 15.5 Å². The summed E-state index contributed by atoms with van der Waals surface area (Å²) < 4.78 is 26.8. The Kier molecular flexibility index (Phi) is 7.01. The minimum Gasteiger partial charge on any atom is -0.355 e. The van der Waals surface area contributed by atoms with Crippen LogP contribution in [0.1, 0.15) is 34.5 Å². The highest BCUT2D eigenvalue weighted by Gasteiger charge is 2.17. The van der Waals surface area contributed by atoms with Crippen molar-refractivity contribution in [3.63, 3.8) is 0 Å². The highest BCUT2D eigenvalue weighted by molar-refractivity contribution is 5.93. The number of benzene rings is 2. The third-order valence-corrected chi connectivity index (χ3v) is 4.22. The number of quaternary nitrogens is 1. The zero-order chi connectivity index (χ0) is 20.0. The molecular weight excluding hydrogens is 352 g/mol. The Morgan fingerprint density at radius 1 is 1.11 bits per heavy atom. The van der Waals surface area contributed by atoms with Crippen molar-refractivity contribution in [2.45, 2.75) is 19.5 Å². The summed E-state index contributed by atoms with van der Waals surface area (Å²) in [6.07, 6.45) is 0. The number of carbonyl (C=O) groups excluding carboxylic acids is 2. The second kappa shape index (κ2) is 9.23. The predicted octanol–water partition coefficient (Wildman–Crippen LogP) is 1.22. The number of likely N-dealkylation sites (N-methyl/N-ethyl adjacent to an activating group) is 1. The normalized spacial score (nSPS) is 12.9. The third-order valence-electron chi connectivity index (χ3n) is 4.22. The van der Waals surface area contributed by atoms with Crippen LogP contribution in [0.25, 0.3) is 0 Å². The van der Waals surface area contributed by atoms with Gasteiger partial charge in [-0.15, -0.1) is 0 Å². The van der Waals surface area contributed by atoms with Crippen LogP contribution in [0.2, 0.25) is 0 Å². The van der Waals surface area contributed by atoms with Gasteiger partial charge in [0.25, 0.3) is 11.8 Å². The van der Waals surface area contributed by atoms with Crippen LogP contribution in [0.5, 0.6) is 0 Å². The van der Waals surface area contributed by atoms with Gasteiger partial charge in [0.2, 0.25) is 0 Å². The smallest absolute Gasteiger partial charge is 0.275 e. The third kappa shape index (κ3) is 5.86. The van der Waals surface area contributed by atoms with Gasteiger partial charge in [0, 0.05) is 29.8 Å². The first-order valence-corrected chi connectivity index (χ1v) is 8.66. The largest absolute Gasteiger partial charge is 0.355 e. The van der Waals surface area contributed by atoms with Crippen LogP contribution in [0.15, 0.2) is 42.5 Å². The van der Waals surface area contributed by atoms with Crippen molar-refractivity contribution in [3.8, 4) is 0 Å². The number of carbonyl (C=O) groups is 2. The molecule has 0 spiro atoms. The van der Waals surface area contributed by atoms with E-state index < -0.39 is 17.7 Å². The summed E-state index contributed by atoms with van der Waals surface area (Å²) in [5, 5.41) is 5.29. The van der Waals surface area contributed by atoms with E-state index in [0.717, 1.165) is 16.5 Å². The molecule has 0 heterocycles. The Balaban J connectivity index is 1.88. The van der Waals surface area contributed by atoms with Crippen LogP contribution in [0, 0.1) is 11.6 Å². The van der Waals surface area contributed by atoms with E-state index in [9.17, 15) is 18.4 Å². The minimum absolute atomic E-state index is 0.149. The molecule has 5 nitrogen and oxygen atoms in total. The standard InChI is InChI=1S/C20H23F2N3O2/c1-13(17-9-8-16(21)10-18(17)22)24-19(26)12-25(3)11-14-4-6-15(7-5-14)20(27)23-2/h4-10,13H,11-12H2,1-3H3,(H,23,27)(H,24,26)/p+1/t13-/m0/s1. The van der Waals surface area contributed by atoms with Crippen LogP contribution in [-0.2, 0) is 11.3 Å². The van der Waals surface area contributed by atoms with E-state index in [4.69, 9.17) is 0 Å². The Morgan fingerprint density at radius 3 is 2.37 bits per heavy atom.